The molecule has 12 heavy (non-hydrogen) atoms. The SMILES string of the molecule is CCc1cnc(/C=C/C(=O)O)[nH]1. The van der Waals surface area contributed by atoms with E-state index in [2.05, 4.69) is 9.97 Å². The lowest BCUT2D eigenvalue weighted by Crippen LogP contribution is -1.86. The van der Waals surface area contributed by atoms with Gasteiger partial charge in [-0.25, -0.2) is 9.78 Å². The van der Waals surface area contributed by atoms with Crippen molar-refractivity contribution in [1.29, 1.82) is 0 Å². The van der Waals surface area contributed by atoms with Crippen molar-refractivity contribution >= 4 is 12.0 Å². The summed E-state index contributed by atoms with van der Waals surface area (Å²) in [6.45, 7) is 2.00. The van der Waals surface area contributed by atoms with Crippen LogP contribution in [0.25, 0.3) is 6.08 Å². The van der Waals surface area contributed by atoms with E-state index in [4.69, 9.17) is 5.11 Å². The number of imidazole rings is 1. The van der Waals surface area contributed by atoms with Crippen molar-refractivity contribution in [1.82, 2.24) is 9.97 Å². The predicted octanol–water partition coefficient (Wildman–Crippen LogP) is 1.07. The fraction of sp³-hybridized carbons (Fsp3) is 0.250. The molecule has 0 saturated carbocycles. The quantitative estimate of drug-likeness (QED) is 0.660. The van der Waals surface area contributed by atoms with Crippen LogP contribution < -0.4 is 0 Å². The lowest BCUT2D eigenvalue weighted by Gasteiger charge is -1.84. The van der Waals surface area contributed by atoms with E-state index in [0.717, 1.165) is 18.2 Å². The van der Waals surface area contributed by atoms with E-state index in [-0.39, 0.29) is 0 Å². The van der Waals surface area contributed by atoms with Crippen molar-refractivity contribution < 1.29 is 9.90 Å². The number of carbonyl (C=O) groups is 1. The first kappa shape index (κ1) is 8.52. The van der Waals surface area contributed by atoms with Gasteiger partial charge in [0.05, 0.1) is 0 Å². The second kappa shape index (κ2) is 3.71. The molecule has 1 heterocycles. The van der Waals surface area contributed by atoms with Crippen LogP contribution in [0.2, 0.25) is 0 Å². The van der Waals surface area contributed by atoms with Gasteiger partial charge in [-0.15, -0.1) is 0 Å². The van der Waals surface area contributed by atoms with Crippen LogP contribution in [0.15, 0.2) is 12.3 Å². The number of aromatic nitrogens is 2. The number of hydrogen-bond donors (Lipinski definition) is 2. The summed E-state index contributed by atoms with van der Waals surface area (Å²) in [6, 6.07) is 0. The second-order valence-electron chi connectivity index (χ2n) is 2.32. The number of nitrogens with one attached hydrogen (secondary N) is 1. The highest BCUT2D eigenvalue weighted by molar-refractivity contribution is 5.84. The van der Waals surface area contributed by atoms with Crippen molar-refractivity contribution in [3.63, 3.8) is 0 Å². The van der Waals surface area contributed by atoms with Crippen LogP contribution in [0.4, 0.5) is 0 Å². The number of aliphatic carboxylic acids is 1. The van der Waals surface area contributed by atoms with Crippen molar-refractivity contribution in [2.75, 3.05) is 0 Å². The van der Waals surface area contributed by atoms with Crippen LogP contribution in [0.5, 0.6) is 0 Å². The molecule has 0 aliphatic heterocycles. The fourth-order valence-electron chi connectivity index (χ4n) is 0.791. The summed E-state index contributed by atoms with van der Waals surface area (Å²) in [5, 5.41) is 8.31. The maximum atomic E-state index is 10.1. The summed E-state index contributed by atoms with van der Waals surface area (Å²) in [6.07, 6.45) is 5.05. The summed E-state index contributed by atoms with van der Waals surface area (Å²) in [5.74, 6) is -0.390. The molecule has 64 valence electrons. The molecule has 0 fully saturated rings. The normalized spacial score (nSPS) is 10.8. The van der Waals surface area contributed by atoms with Crippen LogP contribution in [-0.4, -0.2) is 21.0 Å². The Balaban J connectivity index is 2.70. The first-order valence-corrected chi connectivity index (χ1v) is 3.67. The molecule has 4 heteroatoms. The van der Waals surface area contributed by atoms with Gasteiger partial charge in [-0.3, -0.25) is 0 Å². The zero-order valence-corrected chi connectivity index (χ0v) is 6.74. The van der Waals surface area contributed by atoms with Crippen LogP contribution in [0, 0.1) is 0 Å². The monoisotopic (exact) mass is 166 g/mol. The number of aromatic amines is 1. The van der Waals surface area contributed by atoms with Gasteiger partial charge in [0.15, 0.2) is 0 Å². The minimum atomic E-state index is -0.968. The first-order chi connectivity index (χ1) is 5.72. The number of carboxylic acid groups (broad SMARTS) is 1. The predicted molar refractivity (Wildman–Crippen MR) is 44.6 cm³/mol. The van der Waals surface area contributed by atoms with Crippen molar-refractivity contribution in [3.05, 3.63) is 23.8 Å². The Bertz CT molecular complexity index is 302. The third kappa shape index (κ3) is 2.23. The van der Waals surface area contributed by atoms with Gasteiger partial charge in [-0.2, -0.15) is 0 Å². The third-order valence-corrected chi connectivity index (χ3v) is 1.41. The van der Waals surface area contributed by atoms with Gasteiger partial charge in [0, 0.05) is 18.0 Å². The van der Waals surface area contributed by atoms with E-state index in [1.807, 2.05) is 6.92 Å². The number of aryl methyl sites for hydroxylation is 1. The Morgan fingerprint density at radius 2 is 2.58 bits per heavy atom. The average molecular weight is 166 g/mol. The molecule has 0 aliphatic carbocycles. The van der Waals surface area contributed by atoms with Gasteiger partial charge in [-0.1, -0.05) is 6.92 Å². The van der Waals surface area contributed by atoms with Crippen LogP contribution >= 0.6 is 0 Å². The van der Waals surface area contributed by atoms with Crippen molar-refractivity contribution in [3.8, 4) is 0 Å². The lowest BCUT2D eigenvalue weighted by atomic mass is 10.4. The number of carboxylic acids is 1. The van der Waals surface area contributed by atoms with Gasteiger partial charge in [-0.05, 0) is 12.5 Å². The number of H-pyrrole nitrogens is 1. The molecule has 1 aromatic rings. The molecule has 0 bridgehead atoms. The van der Waals surface area contributed by atoms with E-state index < -0.39 is 5.97 Å². The van der Waals surface area contributed by atoms with Gasteiger partial charge in [0.25, 0.3) is 0 Å². The minimum Gasteiger partial charge on any atom is -0.478 e. The van der Waals surface area contributed by atoms with Crippen LogP contribution in [-0.2, 0) is 11.2 Å². The summed E-state index contributed by atoms with van der Waals surface area (Å²) >= 11 is 0. The molecule has 0 radical (unpaired) electrons. The van der Waals surface area contributed by atoms with E-state index in [9.17, 15) is 4.79 Å². The van der Waals surface area contributed by atoms with Gasteiger partial charge >= 0.3 is 5.97 Å². The van der Waals surface area contributed by atoms with Gasteiger partial charge < -0.3 is 10.1 Å². The smallest absolute Gasteiger partial charge is 0.328 e. The van der Waals surface area contributed by atoms with Crippen LogP contribution in [0.1, 0.15) is 18.4 Å². The Morgan fingerprint density at radius 3 is 3.08 bits per heavy atom. The van der Waals surface area contributed by atoms with E-state index >= 15 is 0 Å². The Morgan fingerprint density at radius 1 is 1.83 bits per heavy atom. The highest BCUT2D eigenvalue weighted by Gasteiger charge is 1.94. The van der Waals surface area contributed by atoms with E-state index in [0.29, 0.717) is 5.82 Å². The zero-order chi connectivity index (χ0) is 8.97. The molecule has 0 aliphatic rings. The maximum Gasteiger partial charge on any atom is 0.328 e. The number of hydrogen-bond acceptors (Lipinski definition) is 2. The molecule has 0 unspecified atom stereocenters. The fourth-order valence-corrected chi connectivity index (χ4v) is 0.791. The van der Waals surface area contributed by atoms with E-state index in [1.165, 1.54) is 6.08 Å². The summed E-state index contributed by atoms with van der Waals surface area (Å²) in [7, 11) is 0. The summed E-state index contributed by atoms with van der Waals surface area (Å²) in [5.41, 5.74) is 1.00. The molecule has 2 N–H and O–H groups in total. The second-order valence-corrected chi connectivity index (χ2v) is 2.32. The standard InChI is InChI=1S/C8H10N2O2/c1-2-6-5-9-7(10-6)3-4-8(11)12/h3-5H,2H2,1H3,(H,9,10)(H,11,12)/b4-3+. The third-order valence-electron chi connectivity index (χ3n) is 1.41. The number of nitrogens with zero attached hydrogens (tertiary/aromatic N) is 1. The molecule has 4 nitrogen and oxygen atoms in total. The highest BCUT2D eigenvalue weighted by atomic mass is 16.4. The Labute approximate surface area is 70.0 Å². The Kier molecular flexibility index (Phi) is 2.63. The van der Waals surface area contributed by atoms with Crippen molar-refractivity contribution in [2.24, 2.45) is 0 Å². The minimum absolute atomic E-state index is 0.578. The molecule has 0 atom stereocenters. The number of rotatable bonds is 3. The van der Waals surface area contributed by atoms with Gasteiger partial charge in [0.2, 0.25) is 0 Å². The summed E-state index contributed by atoms with van der Waals surface area (Å²) in [4.78, 5) is 17.0. The molecular weight excluding hydrogens is 156 g/mol. The maximum absolute atomic E-state index is 10.1. The van der Waals surface area contributed by atoms with Gasteiger partial charge in [0.1, 0.15) is 5.82 Å². The molecular formula is C8H10N2O2. The molecule has 0 saturated heterocycles. The van der Waals surface area contributed by atoms with E-state index in [1.54, 1.807) is 6.20 Å². The highest BCUT2D eigenvalue weighted by Crippen LogP contribution is 1.99. The summed E-state index contributed by atoms with van der Waals surface area (Å²) < 4.78 is 0. The molecule has 1 rings (SSSR count). The zero-order valence-electron chi connectivity index (χ0n) is 6.74. The molecule has 0 aromatic carbocycles. The largest absolute Gasteiger partial charge is 0.478 e. The van der Waals surface area contributed by atoms with Crippen LogP contribution in [0.3, 0.4) is 0 Å². The topological polar surface area (TPSA) is 66.0 Å². The molecule has 0 spiro atoms. The average Bonchev–Trinajstić information content (AvgIpc) is 2.48. The van der Waals surface area contributed by atoms with Crippen molar-refractivity contribution in [2.45, 2.75) is 13.3 Å². The first-order valence-electron chi connectivity index (χ1n) is 3.67. The lowest BCUT2D eigenvalue weighted by molar-refractivity contribution is -0.131. The molecule has 1 aromatic heterocycles. The molecule has 0 amide bonds. The Hall–Kier alpha value is -1.58.